The minimum Gasteiger partial charge on any atom is -0.496 e. The van der Waals surface area contributed by atoms with Gasteiger partial charge in [-0.3, -0.25) is 0 Å². The number of nitrogens with zero attached hydrogens (tertiary/aromatic N) is 1. The van der Waals surface area contributed by atoms with Crippen molar-refractivity contribution in [3.8, 4) is 5.75 Å². The van der Waals surface area contributed by atoms with Gasteiger partial charge in [0.1, 0.15) is 5.75 Å². The highest BCUT2D eigenvalue weighted by molar-refractivity contribution is 7.80. The lowest BCUT2D eigenvalue weighted by Gasteiger charge is -2.29. The first-order valence-corrected chi connectivity index (χ1v) is 9.97. The molecular weight excluding hydrogens is 403 g/mol. The minimum absolute atomic E-state index is 0.174. The molecule has 0 amide bonds. The molecule has 1 unspecified atom stereocenters. The van der Waals surface area contributed by atoms with Crippen molar-refractivity contribution in [2.45, 2.75) is 25.5 Å². The van der Waals surface area contributed by atoms with Gasteiger partial charge < -0.3 is 19.7 Å². The average molecular weight is 425 g/mol. The SMILES string of the molecule is COc1ccccc1CN(CC1CCCO1)C(=S)Nc1ccc(Cl)c(Cl)c1. The molecular formula is C20H22Cl2N2O2S. The lowest BCUT2D eigenvalue weighted by atomic mass is 10.1. The van der Waals surface area contributed by atoms with Gasteiger partial charge >= 0.3 is 0 Å². The van der Waals surface area contributed by atoms with Crippen molar-refractivity contribution in [1.82, 2.24) is 4.90 Å². The van der Waals surface area contributed by atoms with E-state index in [1.165, 1.54) is 0 Å². The summed E-state index contributed by atoms with van der Waals surface area (Å²) in [6.07, 6.45) is 2.30. The Kier molecular flexibility index (Phi) is 7.19. The summed E-state index contributed by atoms with van der Waals surface area (Å²) < 4.78 is 11.3. The van der Waals surface area contributed by atoms with Crippen LogP contribution in [0.15, 0.2) is 42.5 Å². The fraction of sp³-hybridized carbons (Fsp3) is 0.350. The van der Waals surface area contributed by atoms with Crippen molar-refractivity contribution >= 4 is 46.2 Å². The van der Waals surface area contributed by atoms with Crippen LogP contribution in [0.5, 0.6) is 5.75 Å². The minimum atomic E-state index is 0.174. The third kappa shape index (κ3) is 5.48. The van der Waals surface area contributed by atoms with E-state index in [2.05, 4.69) is 10.2 Å². The number of anilines is 1. The summed E-state index contributed by atoms with van der Waals surface area (Å²) >= 11 is 17.8. The fourth-order valence-corrected chi connectivity index (χ4v) is 3.62. The first kappa shape index (κ1) is 20.2. The number of hydrogen-bond acceptors (Lipinski definition) is 3. The topological polar surface area (TPSA) is 33.7 Å². The number of benzene rings is 2. The molecule has 0 saturated carbocycles. The summed E-state index contributed by atoms with van der Waals surface area (Å²) in [6.45, 7) is 2.14. The van der Waals surface area contributed by atoms with E-state index >= 15 is 0 Å². The number of para-hydroxylation sites is 1. The molecule has 1 aliphatic heterocycles. The van der Waals surface area contributed by atoms with Crippen LogP contribution in [0.4, 0.5) is 5.69 Å². The molecule has 2 aromatic rings. The third-order valence-electron chi connectivity index (χ3n) is 4.46. The zero-order valence-corrected chi connectivity index (χ0v) is 17.4. The molecule has 1 heterocycles. The average Bonchev–Trinajstić information content (AvgIpc) is 3.18. The van der Waals surface area contributed by atoms with E-state index in [9.17, 15) is 0 Å². The molecule has 1 aliphatic rings. The second kappa shape index (κ2) is 9.60. The second-order valence-corrected chi connectivity index (χ2v) is 7.59. The molecule has 1 saturated heterocycles. The smallest absolute Gasteiger partial charge is 0.173 e. The quantitative estimate of drug-likeness (QED) is 0.629. The predicted octanol–water partition coefficient (Wildman–Crippen LogP) is 5.38. The van der Waals surface area contributed by atoms with E-state index in [0.29, 0.717) is 28.2 Å². The summed E-state index contributed by atoms with van der Waals surface area (Å²) in [6, 6.07) is 13.3. The van der Waals surface area contributed by atoms with Crippen LogP contribution in [-0.4, -0.2) is 36.4 Å². The lowest BCUT2D eigenvalue weighted by molar-refractivity contribution is 0.0903. The fourth-order valence-electron chi connectivity index (χ4n) is 3.07. The molecule has 0 aliphatic carbocycles. The molecule has 1 N–H and O–H groups in total. The number of rotatable bonds is 6. The van der Waals surface area contributed by atoms with Gasteiger partial charge in [-0.15, -0.1) is 0 Å². The van der Waals surface area contributed by atoms with Gasteiger partial charge in [0, 0.05) is 30.9 Å². The Morgan fingerprint density at radius 3 is 2.78 bits per heavy atom. The first-order chi connectivity index (χ1) is 13.1. The maximum atomic E-state index is 6.12. The molecule has 3 rings (SSSR count). The maximum absolute atomic E-state index is 6.12. The maximum Gasteiger partial charge on any atom is 0.173 e. The van der Waals surface area contributed by atoms with E-state index in [4.69, 9.17) is 44.9 Å². The van der Waals surface area contributed by atoms with Gasteiger partial charge in [-0.25, -0.2) is 0 Å². The van der Waals surface area contributed by atoms with Crippen LogP contribution < -0.4 is 10.1 Å². The van der Waals surface area contributed by atoms with Gasteiger partial charge in [0.15, 0.2) is 5.11 Å². The van der Waals surface area contributed by atoms with Crippen LogP contribution in [0, 0.1) is 0 Å². The van der Waals surface area contributed by atoms with Crippen LogP contribution in [0.1, 0.15) is 18.4 Å². The molecule has 0 aromatic heterocycles. The Morgan fingerprint density at radius 2 is 2.07 bits per heavy atom. The van der Waals surface area contributed by atoms with Crippen molar-refractivity contribution in [1.29, 1.82) is 0 Å². The van der Waals surface area contributed by atoms with Crippen molar-refractivity contribution in [2.75, 3.05) is 25.6 Å². The number of ether oxygens (including phenoxy) is 2. The monoisotopic (exact) mass is 424 g/mol. The Bertz CT molecular complexity index is 797. The predicted molar refractivity (Wildman–Crippen MR) is 115 cm³/mol. The molecule has 144 valence electrons. The molecule has 0 spiro atoms. The van der Waals surface area contributed by atoms with Crippen molar-refractivity contribution in [3.63, 3.8) is 0 Å². The van der Waals surface area contributed by atoms with Gasteiger partial charge in [-0.05, 0) is 49.3 Å². The molecule has 1 fully saturated rings. The highest BCUT2D eigenvalue weighted by Crippen LogP contribution is 2.26. The number of hydrogen-bond donors (Lipinski definition) is 1. The van der Waals surface area contributed by atoms with Crippen molar-refractivity contribution < 1.29 is 9.47 Å². The van der Waals surface area contributed by atoms with Crippen LogP contribution in [0.3, 0.4) is 0 Å². The highest BCUT2D eigenvalue weighted by Gasteiger charge is 2.22. The van der Waals surface area contributed by atoms with Gasteiger partial charge in [-0.1, -0.05) is 41.4 Å². The molecule has 4 nitrogen and oxygen atoms in total. The third-order valence-corrected chi connectivity index (χ3v) is 5.56. The zero-order valence-electron chi connectivity index (χ0n) is 15.1. The van der Waals surface area contributed by atoms with E-state index in [1.54, 1.807) is 19.2 Å². The van der Waals surface area contributed by atoms with E-state index in [-0.39, 0.29) is 6.10 Å². The molecule has 2 aromatic carbocycles. The Balaban J connectivity index is 1.77. The number of methoxy groups -OCH3 is 1. The van der Waals surface area contributed by atoms with E-state index in [0.717, 1.165) is 36.4 Å². The van der Waals surface area contributed by atoms with E-state index in [1.807, 2.05) is 30.3 Å². The van der Waals surface area contributed by atoms with Gasteiger partial charge in [0.05, 0.1) is 23.3 Å². The van der Waals surface area contributed by atoms with Crippen LogP contribution in [0.2, 0.25) is 10.0 Å². The number of nitrogens with one attached hydrogen (secondary N) is 1. The lowest BCUT2D eigenvalue weighted by Crippen LogP contribution is -2.39. The Hall–Kier alpha value is -1.53. The zero-order chi connectivity index (χ0) is 19.2. The largest absolute Gasteiger partial charge is 0.496 e. The van der Waals surface area contributed by atoms with Crippen LogP contribution in [0.25, 0.3) is 0 Å². The molecule has 1 atom stereocenters. The van der Waals surface area contributed by atoms with Gasteiger partial charge in [0.25, 0.3) is 0 Å². The molecule has 0 radical (unpaired) electrons. The molecule has 7 heteroatoms. The Morgan fingerprint density at radius 1 is 1.26 bits per heavy atom. The van der Waals surface area contributed by atoms with Gasteiger partial charge in [0.2, 0.25) is 0 Å². The molecule has 27 heavy (non-hydrogen) atoms. The van der Waals surface area contributed by atoms with Crippen molar-refractivity contribution in [2.24, 2.45) is 0 Å². The Labute approximate surface area is 175 Å². The highest BCUT2D eigenvalue weighted by atomic mass is 35.5. The van der Waals surface area contributed by atoms with E-state index < -0.39 is 0 Å². The number of halogens is 2. The van der Waals surface area contributed by atoms with Gasteiger partial charge in [-0.2, -0.15) is 0 Å². The van der Waals surface area contributed by atoms with Crippen LogP contribution in [-0.2, 0) is 11.3 Å². The van der Waals surface area contributed by atoms with Crippen molar-refractivity contribution in [3.05, 3.63) is 58.1 Å². The standard InChI is InChI=1S/C20H22Cl2N2O2S/c1-25-19-7-3-2-5-14(19)12-24(13-16-6-4-10-26-16)20(27)23-15-8-9-17(21)18(22)11-15/h2-3,5,7-9,11,16H,4,6,10,12-13H2,1H3,(H,23,27). The summed E-state index contributed by atoms with van der Waals surface area (Å²) in [4.78, 5) is 2.10. The summed E-state index contributed by atoms with van der Waals surface area (Å²) in [5.41, 5.74) is 1.86. The first-order valence-electron chi connectivity index (χ1n) is 8.81. The molecule has 0 bridgehead atoms. The summed E-state index contributed by atoms with van der Waals surface area (Å²) in [5, 5.41) is 4.86. The van der Waals surface area contributed by atoms with Crippen LogP contribution >= 0.6 is 35.4 Å². The summed E-state index contributed by atoms with van der Waals surface area (Å²) in [5.74, 6) is 0.840. The second-order valence-electron chi connectivity index (χ2n) is 6.39. The summed E-state index contributed by atoms with van der Waals surface area (Å²) in [7, 11) is 1.68. The normalized spacial score (nSPS) is 16.2. The number of thiocarbonyl (C=S) groups is 1.